The number of aromatic nitrogens is 1. The Balaban J connectivity index is 2.38. The van der Waals surface area contributed by atoms with Gasteiger partial charge in [-0.2, -0.15) is 0 Å². The predicted octanol–water partition coefficient (Wildman–Crippen LogP) is 3.21. The molecule has 1 aromatic carbocycles. The van der Waals surface area contributed by atoms with Crippen LogP contribution >= 0.6 is 15.9 Å². The lowest BCUT2D eigenvalue weighted by molar-refractivity contribution is 0.439. The highest BCUT2D eigenvalue weighted by Crippen LogP contribution is 2.30. The van der Waals surface area contributed by atoms with Crippen LogP contribution in [0.2, 0.25) is 0 Å². The first-order valence-electron chi connectivity index (χ1n) is 5.36. The van der Waals surface area contributed by atoms with E-state index in [4.69, 9.17) is 0 Å². The maximum atomic E-state index is 13.8. The van der Waals surface area contributed by atoms with Crippen LogP contribution in [0, 0.1) is 5.82 Å². The van der Waals surface area contributed by atoms with Gasteiger partial charge < -0.3 is 9.88 Å². The van der Waals surface area contributed by atoms with Crippen LogP contribution in [-0.2, 0) is 6.54 Å². The minimum Gasteiger partial charge on any atom is -0.339 e. The van der Waals surface area contributed by atoms with E-state index in [1.807, 2.05) is 12.1 Å². The third kappa shape index (κ3) is 1.40. The number of hydrogen-bond donors (Lipinski definition) is 1. The molecule has 2 aromatic rings. The zero-order valence-electron chi connectivity index (χ0n) is 8.93. The number of nitrogens with one attached hydrogen (secondary N) is 1. The highest BCUT2D eigenvalue weighted by atomic mass is 79.9. The van der Waals surface area contributed by atoms with E-state index in [-0.39, 0.29) is 5.82 Å². The van der Waals surface area contributed by atoms with E-state index in [1.54, 1.807) is 0 Å². The number of benzene rings is 1. The standard InChI is InChI=1S/C12H12BrFN2/c1-7-5-15-6-9-4-10-11(14)2-8(13)3-12(10)16(7)9/h2-4,7,15H,5-6H2,1H3. The molecule has 0 amide bonds. The van der Waals surface area contributed by atoms with E-state index in [0.717, 1.165) is 28.8 Å². The molecule has 0 spiro atoms. The molecule has 16 heavy (non-hydrogen) atoms. The SMILES string of the molecule is CC1CNCc2cc3c(F)cc(Br)cc3n21. The summed E-state index contributed by atoms with van der Waals surface area (Å²) in [5.41, 5.74) is 2.14. The first-order chi connectivity index (χ1) is 7.66. The van der Waals surface area contributed by atoms with Crippen molar-refractivity contribution in [3.63, 3.8) is 0 Å². The second-order valence-electron chi connectivity index (χ2n) is 4.31. The van der Waals surface area contributed by atoms with Crippen molar-refractivity contribution in [2.75, 3.05) is 6.54 Å². The van der Waals surface area contributed by atoms with Crippen LogP contribution < -0.4 is 5.32 Å². The minimum absolute atomic E-state index is 0.154. The molecule has 0 radical (unpaired) electrons. The van der Waals surface area contributed by atoms with Crippen molar-refractivity contribution < 1.29 is 4.39 Å². The topological polar surface area (TPSA) is 17.0 Å². The highest BCUT2D eigenvalue weighted by molar-refractivity contribution is 9.10. The molecule has 1 aromatic heterocycles. The van der Waals surface area contributed by atoms with Crippen molar-refractivity contribution in [3.05, 3.63) is 34.2 Å². The normalized spacial score (nSPS) is 20.1. The summed E-state index contributed by atoms with van der Waals surface area (Å²) in [7, 11) is 0. The summed E-state index contributed by atoms with van der Waals surface area (Å²) in [6, 6.07) is 5.82. The molecule has 4 heteroatoms. The van der Waals surface area contributed by atoms with Gasteiger partial charge in [-0.15, -0.1) is 0 Å². The van der Waals surface area contributed by atoms with Gasteiger partial charge in [-0.05, 0) is 25.1 Å². The second kappa shape index (κ2) is 3.57. The van der Waals surface area contributed by atoms with Crippen molar-refractivity contribution >= 4 is 26.8 Å². The summed E-state index contributed by atoms with van der Waals surface area (Å²) >= 11 is 3.35. The summed E-state index contributed by atoms with van der Waals surface area (Å²) in [6.07, 6.45) is 0. The largest absolute Gasteiger partial charge is 0.339 e. The highest BCUT2D eigenvalue weighted by Gasteiger charge is 2.19. The van der Waals surface area contributed by atoms with Crippen LogP contribution in [0.1, 0.15) is 18.7 Å². The zero-order valence-corrected chi connectivity index (χ0v) is 10.5. The van der Waals surface area contributed by atoms with Gasteiger partial charge >= 0.3 is 0 Å². The van der Waals surface area contributed by atoms with Crippen LogP contribution in [0.3, 0.4) is 0 Å². The van der Waals surface area contributed by atoms with Gasteiger partial charge in [-0.3, -0.25) is 0 Å². The average Bonchev–Trinajstić information content (AvgIpc) is 2.58. The number of hydrogen-bond acceptors (Lipinski definition) is 1. The van der Waals surface area contributed by atoms with Crippen molar-refractivity contribution in [1.82, 2.24) is 9.88 Å². The first kappa shape index (κ1) is 10.3. The van der Waals surface area contributed by atoms with Crippen LogP contribution in [0.4, 0.5) is 4.39 Å². The molecule has 0 fully saturated rings. The van der Waals surface area contributed by atoms with E-state index in [9.17, 15) is 4.39 Å². The van der Waals surface area contributed by atoms with Crippen LogP contribution in [0.5, 0.6) is 0 Å². The Hall–Kier alpha value is -0.870. The quantitative estimate of drug-likeness (QED) is 0.785. The van der Waals surface area contributed by atoms with Gasteiger partial charge in [0.1, 0.15) is 5.82 Å². The van der Waals surface area contributed by atoms with Crippen molar-refractivity contribution in [2.24, 2.45) is 0 Å². The fraction of sp³-hybridized carbons (Fsp3) is 0.333. The Bertz CT molecular complexity index is 562. The molecule has 0 saturated carbocycles. The van der Waals surface area contributed by atoms with E-state index < -0.39 is 0 Å². The van der Waals surface area contributed by atoms with E-state index in [0.29, 0.717) is 11.4 Å². The summed E-state index contributed by atoms with van der Waals surface area (Å²) in [4.78, 5) is 0. The molecular weight excluding hydrogens is 271 g/mol. The molecule has 2 nitrogen and oxygen atoms in total. The van der Waals surface area contributed by atoms with Crippen molar-refractivity contribution in [2.45, 2.75) is 19.5 Å². The lowest BCUT2D eigenvalue weighted by Crippen LogP contribution is -2.30. The number of fused-ring (bicyclic) bond motifs is 3. The summed E-state index contributed by atoms with van der Waals surface area (Å²) in [5, 5.41) is 4.05. The fourth-order valence-electron chi connectivity index (χ4n) is 2.46. The molecule has 0 bridgehead atoms. The summed E-state index contributed by atoms with van der Waals surface area (Å²) in [6.45, 7) is 3.90. The maximum absolute atomic E-state index is 13.8. The smallest absolute Gasteiger partial charge is 0.133 e. The number of halogens is 2. The number of rotatable bonds is 0. The van der Waals surface area contributed by atoms with E-state index in [1.165, 1.54) is 6.07 Å². The summed E-state index contributed by atoms with van der Waals surface area (Å²) in [5.74, 6) is -0.154. The summed E-state index contributed by atoms with van der Waals surface area (Å²) < 4.78 is 16.8. The van der Waals surface area contributed by atoms with Gasteiger partial charge in [0.25, 0.3) is 0 Å². The molecule has 2 heterocycles. The molecule has 0 aliphatic carbocycles. The van der Waals surface area contributed by atoms with Crippen LogP contribution in [0.15, 0.2) is 22.7 Å². The molecule has 1 N–H and O–H groups in total. The van der Waals surface area contributed by atoms with Crippen molar-refractivity contribution in [1.29, 1.82) is 0 Å². The Morgan fingerprint density at radius 3 is 3.06 bits per heavy atom. The molecule has 1 aliphatic rings. The molecular formula is C12H12BrFN2. The first-order valence-corrected chi connectivity index (χ1v) is 6.15. The van der Waals surface area contributed by atoms with Crippen LogP contribution in [0.25, 0.3) is 10.9 Å². The Morgan fingerprint density at radius 2 is 2.25 bits per heavy atom. The molecule has 84 valence electrons. The Morgan fingerprint density at radius 1 is 1.44 bits per heavy atom. The third-order valence-electron chi connectivity index (χ3n) is 3.14. The Labute approximate surface area is 102 Å². The lowest BCUT2D eigenvalue weighted by Gasteiger charge is -2.24. The van der Waals surface area contributed by atoms with Gasteiger partial charge in [-0.25, -0.2) is 4.39 Å². The monoisotopic (exact) mass is 282 g/mol. The average molecular weight is 283 g/mol. The fourth-order valence-corrected chi connectivity index (χ4v) is 2.88. The molecule has 1 atom stereocenters. The third-order valence-corrected chi connectivity index (χ3v) is 3.60. The molecule has 1 aliphatic heterocycles. The van der Waals surface area contributed by atoms with E-state index >= 15 is 0 Å². The minimum atomic E-state index is -0.154. The maximum Gasteiger partial charge on any atom is 0.133 e. The van der Waals surface area contributed by atoms with Gasteiger partial charge in [0.2, 0.25) is 0 Å². The zero-order chi connectivity index (χ0) is 11.3. The van der Waals surface area contributed by atoms with E-state index in [2.05, 4.69) is 32.7 Å². The van der Waals surface area contributed by atoms with Gasteiger partial charge in [0.05, 0.1) is 5.52 Å². The van der Waals surface area contributed by atoms with Gasteiger partial charge in [-0.1, -0.05) is 15.9 Å². The van der Waals surface area contributed by atoms with Crippen LogP contribution in [-0.4, -0.2) is 11.1 Å². The second-order valence-corrected chi connectivity index (χ2v) is 5.22. The molecule has 3 rings (SSSR count). The Kier molecular flexibility index (Phi) is 2.30. The molecule has 0 saturated heterocycles. The van der Waals surface area contributed by atoms with Crippen molar-refractivity contribution in [3.8, 4) is 0 Å². The predicted molar refractivity (Wildman–Crippen MR) is 66.0 cm³/mol. The number of nitrogens with zero attached hydrogens (tertiary/aromatic N) is 1. The van der Waals surface area contributed by atoms with Gasteiger partial charge in [0, 0.05) is 34.7 Å². The van der Waals surface area contributed by atoms with Gasteiger partial charge in [0.15, 0.2) is 0 Å². The lowest BCUT2D eigenvalue weighted by atomic mass is 10.2. The molecule has 1 unspecified atom stereocenters.